The molecule has 9 heteroatoms. The van der Waals surface area contributed by atoms with Gasteiger partial charge in [0.15, 0.2) is 17.1 Å². The molecule has 1 aliphatic heterocycles. The van der Waals surface area contributed by atoms with Crippen LogP contribution >= 0.6 is 0 Å². The number of aryl methyl sites for hydroxylation is 3. The lowest BCUT2D eigenvalue weighted by atomic mass is 10.2. The minimum absolute atomic E-state index is 0.322. The average molecular weight is 423 g/mol. The minimum Gasteiger partial charge on any atom is -0.493 e. The van der Waals surface area contributed by atoms with Gasteiger partial charge in [0, 0.05) is 24.2 Å². The molecule has 2 N–H and O–H groups in total. The zero-order chi connectivity index (χ0) is 22.0. The van der Waals surface area contributed by atoms with Crippen LogP contribution in [0.25, 0.3) is 11.2 Å². The van der Waals surface area contributed by atoms with Crippen LogP contribution in [0.3, 0.4) is 0 Å². The highest BCUT2D eigenvalue weighted by Crippen LogP contribution is 2.27. The van der Waals surface area contributed by atoms with E-state index in [1.807, 2.05) is 6.92 Å². The quantitative estimate of drug-likeness (QED) is 0.625. The molecule has 0 fully saturated rings. The largest absolute Gasteiger partial charge is 0.493 e. The van der Waals surface area contributed by atoms with Crippen molar-refractivity contribution in [2.24, 2.45) is 0 Å². The first-order valence-corrected chi connectivity index (χ1v) is 10.2. The molecule has 0 atom stereocenters. The summed E-state index contributed by atoms with van der Waals surface area (Å²) >= 11 is 0. The van der Waals surface area contributed by atoms with Crippen molar-refractivity contribution in [3.05, 3.63) is 46.9 Å². The zero-order valence-corrected chi connectivity index (χ0v) is 17.8. The summed E-state index contributed by atoms with van der Waals surface area (Å²) in [6.07, 6.45) is 4.17. The highest BCUT2D eigenvalue weighted by atomic mass is 16.5. The van der Waals surface area contributed by atoms with Gasteiger partial charge in [0.05, 0.1) is 19.8 Å². The van der Waals surface area contributed by atoms with E-state index in [2.05, 4.69) is 20.4 Å². The second-order valence-electron chi connectivity index (χ2n) is 7.45. The fourth-order valence-electron chi connectivity index (χ4n) is 3.82. The van der Waals surface area contributed by atoms with Gasteiger partial charge in [0.25, 0.3) is 11.8 Å². The van der Waals surface area contributed by atoms with Crippen molar-refractivity contribution < 1.29 is 19.1 Å². The zero-order valence-electron chi connectivity index (χ0n) is 17.8. The van der Waals surface area contributed by atoms with E-state index in [1.54, 1.807) is 24.3 Å². The van der Waals surface area contributed by atoms with Crippen molar-refractivity contribution >= 4 is 23.0 Å². The SMILES string of the molecule is COc1ccc(C(=O)NNC(=O)c2cc(C)nc3c2nc2n3CCCCC2)cc1OC. The second-order valence-corrected chi connectivity index (χ2v) is 7.45. The smallest absolute Gasteiger partial charge is 0.272 e. The standard InChI is InChI=1S/C22H25N5O4/c1-13-11-15(19-20(23-13)27-10-6-4-5-7-18(27)24-19)22(29)26-25-21(28)14-8-9-16(30-2)17(12-14)31-3/h8-9,11-12H,4-7,10H2,1-3H3,(H,25,28)(H,26,29). The van der Waals surface area contributed by atoms with Gasteiger partial charge in [-0.3, -0.25) is 20.4 Å². The van der Waals surface area contributed by atoms with E-state index in [1.165, 1.54) is 14.2 Å². The Morgan fingerprint density at radius 1 is 0.968 bits per heavy atom. The number of nitrogens with zero attached hydrogens (tertiary/aromatic N) is 3. The molecule has 31 heavy (non-hydrogen) atoms. The van der Waals surface area contributed by atoms with Gasteiger partial charge >= 0.3 is 0 Å². The van der Waals surface area contributed by atoms with Crippen molar-refractivity contribution in [3.63, 3.8) is 0 Å². The molecule has 1 aliphatic rings. The molecule has 0 saturated carbocycles. The van der Waals surface area contributed by atoms with Crippen LogP contribution in [0.5, 0.6) is 11.5 Å². The molecule has 2 amide bonds. The molecule has 0 aliphatic carbocycles. The van der Waals surface area contributed by atoms with Crippen molar-refractivity contribution in [1.29, 1.82) is 0 Å². The number of carbonyl (C=O) groups is 2. The number of hydrogen-bond donors (Lipinski definition) is 2. The molecule has 162 valence electrons. The summed E-state index contributed by atoms with van der Waals surface area (Å²) in [6, 6.07) is 6.45. The minimum atomic E-state index is -0.475. The molecular weight excluding hydrogens is 398 g/mol. The molecule has 9 nitrogen and oxygen atoms in total. The van der Waals surface area contributed by atoms with Gasteiger partial charge in [0.1, 0.15) is 11.3 Å². The van der Waals surface area contributed by atoms with Crippen LogP contribution in [0.1, 0.15) is 51.5 Å². The van der Waals surface area contributed by atoms with Crippen molar-refractivity contribution in [3.8, 4) is 11.5 Å². The van der Waals surface area contributed by atoms with Crippen LogP contribution in [0, 0.1) is 6.92 Å². The molecule has 4 rings (SSSR count). The van der Waals surface area contributed by atoms with Gasteiger partial charge in [-0.1, -0.05) is 6.42 Å². The molecular formula is C22H25N5O4. The highest BCUT2D eigenvalue weighted by molar-refractivity contribution is 6.05. The predicted octanol–water partition coefficient (Wildman–Crippen LogP) is 2.56. The van der Waals surface area contributed by atoms with Crippen LogP contribution in [0.15, 0.2) is 24.3 Å². The number of hydrogen-bond acceptors (Lipinski definition) is 6. The van der Waals surface area contributed by atoms with E-state index >= 15 is 0 Å². The third-order valence-corrected chi connectivity index (χ3v) is 5.37. The number of amides is 2. The average Bonchev–Trinajstić information content (AvgIpc) is 2.96. The normalized spacial score (nSPS) is 13.3. The first-order chi connectivity index (χ1) is 15.0. The lowest BCUT2D eigenvalue weighted by Crippen LogP contribution is -2.41. The van der Waals surface area contributed by atoms with Crippen molar-refractivity contribution in [2.45, 2.75) is 39.2 Å². The highest BCUT2D eigenvalue weighted by Gasteiger charge is 2.21. The Bertz CT molecular complexity index is 1150. The maximum atomic E-state index is 12.9. The van der Waals surface area contributed by atoms with Gasteiger partial charge in [0.2, 0.25) is 0 Å². The van der Waals surface area contributed by atoms with Gasteiger partial charge < -0.3 is 14.0 Å². The van der Waals surface area contributed by atoms with E-state index < -0.39 is 11.8 Å². The van der Waals surface area contributed by atoms with Gasteiger partial charge in [-0.05, 0) is 44.0 Å². The van der Waals surface area contributed by atoms with Gasteiger partial charge in [-0.15, -0.1) is 0 Å². The predicted molar refractivity (Wildman–Crippen MR) is 114 cm³/mol. The van der Waals surface area contributed by atoms with E-state index in [-0.39, 0.29) is 0 Å². The van der Waals surface area contributed by atoms with Gasteiger partial charge in [-0.25, -0.2) is 9.97 Å². The first-order valence-electron chi connectivity index (χ1n) is 10.2. The molecule has 3 heterocycles. The molecule has 0 bridgehead atoms. The third kappa shape index (κ3) is 4.03. The Kier molecular flexibility index (Phi) is 5.75. The van der Waals surface area contributed by atoms with Crippen LogP contribution in [-0.2, 0) is 13.0 Å². The van der Waals surface area contributed by atoms with Crippen LogP contribution in [0.4, 0.5) is 0 Å². The molecule has 0 spiro atoms. The van der Waals surface area contributed by atoms with Crippen molar-refractivity contribution in [2.75, 3.05) is 14.2 Å². The lowest BCUT2D eigenvalue weighted by Gasteiger charge is -2.11. The molecule has 2 aromatic heterocycles. The summed E-state index contributed by atoms with van der Waals surface area (Å²) in [6.45, 7) is 2.69. The summed E-state index contributed by atoms with van der Waals surface area (Å²) in [5.74, 6) is 0.966. The monoisotopic (exact) mass is 423 g/mol. The fraction of sp³-hybridized carbons (Fsp3) is 0.364. The maximum Gasteiger partial charge on any atom is 0.272 e. The number of hydrazine groups is 1. The molecule has 1 aromatic carbocycles. The number of nitrogens with one attached hydrogen (secondary N) is 2. The van der Waals surface area contributed by atoms with E-state index in [0.29, 0.717) is 33.8 Å². The number of aromatic nitrogens is 3. The maximum absolute atomic E-state index is 12.9. The number of imidazole rings is 1. The first kappa shape index (κ1) is 20.6. The van der Waals surface area contributed by atoms with E-state index in [9.17, 15) is 9.59 Å². The Labute approximate surface area is 179 Å². The summed E-state index contributed by atoms with van der Waals surface area (Å²) < 4.78 is 12.5. The number of carbonyl (C=O) groups excluding carboxylic acids is 2. The topological polar surface area (TPSA) is 107 Å². The van der Waals surface area contributed by atoms with Crippen molar-refractivity contribution in [1.82, 2.24) is 25.4 Å². The summed E-state index contributed by atoms with van der Waals surface area (Å²) in [4.78, 5) is 34.7. The number of benzene rings is 1. The summed E-state index contributed by atoms with van der Waals surface area (Å²) in [7, 11) is 3.01. The Balaban J connectivity index is 1.56. The molecule has 0 unspecified atom stereocenters. The van der Waals surface area contributed by atoms with E-state index in [0.717, 1.165) is 43.7 Å². The van der Waals surface area contributed by atoms with Crippen LogP contribution < -0.4 is 20.3 Å². The summed E-state index contributed by atoms with van der Waals surface area (Å²) in [5, 5.41) is 0. The number of ether oxygens (including phenoxy) is 2. The molecule has 0 radical (unpaired) electrons. The molecule has 0 saturated heterocycles. The lowest BCUT2D eigenvalue weighted by molar-refractivity contribution is 0.0847. The van der Waals surface area contributed by atoms with E-state index in [4.69, 9.17) is 14.5 Å². The third-order valence-electron chi connectivity index (χ3n) is 5.37. The fourth-order valence-corrected chi connectivity index (χ4v) is 3.82. The Morgan fingerprint density at radius 3 is 2.52 bits per heavy atom. The van der Waals surface area contributed by atoms with Gasteiger partial charge in [-0.2, -0.15) is 0 Å². The Morgan fingerprint density at radius 2 is 1.74 bits per heavy atom. The van der Waals surface area contributed by atoms with Crippen LogP contribution in [-0.4, -0.2) is 40.6 Å². The summed E-state index contributed by atoms with van der Waals surface area (Å²) in [5.41, 5.74) is 7.64. The Hall–Kier alpha value is -3.62. The number of methoxy groups -OCH3 is 2. The number of pyridine rings is 1. The van der Waals surface area contributed by atoms with Crippen LogP contribution in [0.2, 0.25) is 0 Å². The number of fused-ring (bicyclic) bond motifs is 3. The number of rotatable bonds is 4. The second kappa shape index (κ2) is 8.63. The molecule has 3 aromatic rings.